The van der Waals surface area contributed by atoms with Crippen molar-refractivity contribution in [2.45, 2.75) is 70.1 Å². The van der Waals surface area contributed by atoms with Gasteiger partial charge >= 0.3 is 17.9 Å². The molecule has 34 heavy (non-hydrogen) atoms. The maximum atomic E-state index is 13.0. The van der Waals surface area contributed by atoms with E-state index in [0.717, 1.165) is 0 Å². The van der Waals surface area contributed by atoms with Crippen LogP contribution in [-0.4, -0.2) is 87.1 Å². The van der Waals surface area contributed by atoms with Gasteiger partial charge in [0.1, 0.15) is 18.1 Å². The van der Waals surface area contributed by atoms with Crippen molar-refractivity contribution in [3.05, 3.63) is 0 Å². The van der Waals surface area contributed by atoms with Crippen LogP contribution in [0.15, 0.2) is 0 Å². The molecule has 0 aliphatic heterocycles. The summed E-state index contributed by atoms with van der Waals surface area (Å²) in [5, 5.41) is 34.1. The second kappa shape index (κ2) is 15.9. The van der Waals surface area contributed by atoms with Gasteiger partial charge in [0, 0.05) is 6.42 Å². The standard InChI is InChI=1S/C20H34N4O9S/c1-4-10(2)16(24-17(29)11(21)9-15(27)28)19(31)22-12(7-8-34-3)18(30)23-13(20(32)33)5-6-14(25)26/h10-13,16H,4-9,21H2,1-3H3,(H,22,31)(H,23,30)(H,24,29)(H,25,26)(H,27,28)(H,32,33). The van der Waals surface area contributed by atoms with E-state index >= 15 is 0 Å². The van der Waals surface area contributed by atoms with Crippen LogP contribution in [-0.2, 0) is 28.8 Å². The van der Waals surface area contributed by atoms with Crippen molar-refractivity contribution in [3.8, 4) is 0 Å². The van der Waals surface area contributed by atoms with Crippen molar-refractivity contribution < 1.29 is 44.1 Å². The molecule has 0 aromatic heterocycles. The molecular weight excluding hydrogens is 472 g/mol. The average Bonchev–Trinajstić information content (AvgIpc) is 2.75. The molecule has 0 saturated carbocycles. The molecule has 0 heterocycles. The van der Waals surface area contributed by atoms with Crippen molar-refractivity contribution in [2.24, 2.45) is 11.7 Å². The number of carbonyl (C=O) groups excluding carboxylic acids is 3. The number of nitrogens with one attached hydrogen (secondary N) is 3. The van der Waals surface area contributed by atoms with Gasteiger partial charge in [-0.15, -0.1) is 0 Å². The summed E-state index contributed by atoms with van der Waals surface area (Å²) in [5.41, 5.74) is 5.57. The molecule has 0 aliphatic carbocycles. The zero-order valence-corrected chi connectivity index (χ0v) is 20.2. The van der Waals surface area contributed by atoms with E-state index in [-0.39, 0.29) is 12.8 Å². The minimum Gasteiger partial charge on any atom is -0.481 e. The van der Waals surface area contributed by atoms with E-state index in [1.54, 1.807) is 20.1 Å². The predicted molar refractivity (Wildman–Crippen MR) is 123 cm³/mol. The number of hydrogen-bond donors (Lipinski definition) is 7. The topological polar surface area (TPSA) is 225 Å². The van der Waals surface area contributed by atoms with Crippen molar-refractivity contribution in [1.29, 1.82) is 0 Å². The molecule has 8 N–H and O–H groups in total. The number of aliphatic carboxylic acids is 3. The summed E-state index contributed by atoms with van der Waals surface area (Å²) in [5.74, 6) is -6.24. The molecule has 0 aromatic rings. The van der Waals surface area contributed by atoms with Crippen LogP contribution in [0.5, 0.6) is 0 Å². The molecule has 5 unspecified atom stereocenters. The van der Waals surface area contributed by atoms with Crippen LogP contribution in [0.2, 0.25) is 0 Å². The Morgan fingerprint density at radius 3 is 1.91 bits per heavy atom. The lowest BCUT2D eigenvalue weighted by molar-refractivity contribution is -0.143. The molecule has 0 bridgehead atoms. The summed E-state index contributed by atoms with van der Waals surface area (Å²) >= 11 is 1.39. The molecule has 14 heteroatoms. The minimum absolute atomic E-state index is 0.143. The number of hydrogen-bond acceptors (Lipinski definition) is 8. The first-order valence-electron chi connectivity index (χ1n) is 10.7. The van der Waals surface area contributed by atoms with E-state index in [4.69, 9.17) is 15.9 Å². The maximum absolute atomic E-state index is 13.0. The third-order valence-corrected chi connectivity index (χ3v) is 5.67. The molecule has 0 aromatic carbocycles. The summed E-state index contributed by atoms with van der Waals surface area (Å²) < 4.78 is 0. The van der Waals surface area contributed by atoms with Gasteiger partial charge in [-0.05, 0) is 30.8 Å². The maximum Gasteiger partial charge on any atom is 0.326 e. The molecule has 0 radical (unpaired) electrons. The summed E-state index contributed by atoms with van der Waals surface area (Å²) in [6, 6.07) is -5.11. The van der Waals surface area contributed by atoms with Gasteiger partial charge in [0.25, 0.3) is 0 Å². The highest BCUT2D eigenvalue weighted by Crippen LogP contribution is 2.11. The number of nitrogens with two attached hydrogens (primary N) is 1. The molecule has 5 atom stereocenters. The lowest BCUT2D eigenvalue weighted by atomic mass is 9.97. The summed E-state index contributed by atoms with van der Waals surface area (Å²) in [7, 11) is 0. The van der Waals surface area contributed by atoms with Crippen molar-refractivity contribution in [3.63, 3.8) is 0 Å². The Kier molecular flexibility index (Phi) is 14.5. The van der Waals surface area contributed by atoms with Crippen molar-refractivity contribution in [2.75, 3.05) is 12.0 Å². The first-order valence-corrected chi connectivity index (χ1v) is 12.0. The van der Waals surface area contributed by atoms with E-state index in [9.17, 15) is 33.9 Å². The second-order valence-electron chi connectivity index (χ2n) is 7.75. The monoisotopic (exact) mass is 506 g/mol. The van der Waals surface area contributed by atoms with Crippen LogP contribution in [0.4, 0.5) is 0 Å². The third kappa shape index (κ3) is 11.8. The van der Waals surface area contributed by atoms with Gasteiger partial charge in [0.15, 0.2) is 0 Å². The van der Waals surface area contributed by atoms with Gasteiger partial charge in [-0.2, -0.15) is 11.8 Å². The van der Waals surface area contributed by atoms with E-state index in [1.807, 2.05) is 0 Å². The number of carbonyl (C=O) groups is 6. The number of thioether (sulfide) groups is 1. The quantitative estimate of drug-likeness (QED) is 0.126. The molecule has 13 nitrogen and oxygen atoms in total. The molecule has 0 saturated heterocycles. The van der Waals surface area contributed by atoms with Gasteiger partial charge in [0.2, 0.25) is 17.7 Å². The van der Waals surface area contributed by atoms with Gasteiger partial charge in [-0.3, -0.25) is 24.0 Å². The molecule has 0 rings (SSSR count). The van der Waals surface area contributed by atoms with Gasteiger partial charge in [-0.1, -0.05) is 20.3 Å². The third-order valence-electron chi connectivity index (χ3n) is 5.03. The highest BCUT2D eigenvalue weighted by molar-refractivity contribution is 7.98. The lowest BCUT2D eigenvalue weighted by Crippen LogP contribution is -2.58. The van der Waals surface area contributed by atoms with E-state index in [1.165, 1.54) is 11.8 Å². The zero-order valence-electron chi connectivity index (χ0n) is 19.4. The highest BCUT2D eigenvalue weighted by Gasteiger charge is 2.32. The normalized spacial score (nSPS) is 15.2. The smallest absolute Gasteiger partial charge is 0.326 e. The fourth-order valence-electron chi connectivity index (χ4n) is 2.81. The van der Waals surface area contributed by atoms with E-state index in [2.05, 4.69) is 16.0 Å². The van der Waals surface area contributed by atoms with Crippen LogP contribution in [0, 0.1) is 5.92 Å². The first-order chi connectivity index (χ1) is 15.8. The van der Waals surface area contributed by atoms with Crippen molar-refractivity contribution >= 4 is 47.4 Å². The average molecular weight is 507 g/mol. The zero-order chi connectivity index (χ0) is 26.4. The van der Waals surface area contributed by atoms with Gasteiger partial charge < -0.3 is 37.0 Å². The molecular formula is C20H34N4O9S. The highest BCUT2D eigenvalue weighted by atomic mass is 32.2. The molecule has 3 amide bonds. The minimum atomic E-state index is -1.46. The molecule has 0 spiro atoms. The second-order valence-corrected chi connectivity index (χ2v) is 8.74. The van der Waals surface area contributed by atoms with Crippen LogP contribution in [0.1, 0.15) is 46.0 Å². The first kappa shape index (κ1) is 31.1. The van der Waals surface area contributed by atoms with Gasteiger partial charge in [0.05, 0.1) is 12.5 Å². The SMILES string of the molecule is CCC(C)C(NC(=O)C(N)CC(=O)O)C(=O)NC(CCSC)C(=O)NC(CCC(=O)O)C(=O)O. The van der Waals surface area contributed by atoms with Crippen LogP contribution in [0.25, 0.3) is 0 Å². The summed E-state index contributed by atoms with van der Waals surface area (Å²) in [4.78, 5) is 71.0. The number of rotatable bonds is 17. The van der Waals surface area contributed by atoms with E-state index < -0.39 is 78.6 Å². The Hall–Kier alpha value is -2.87. The Bertz CT molecular complexity index is 750. The number of amides is 3. The number of carboxylic acids is 3. The van der Waals surface area contributed by atoms with Crippen LogP contribution in [0.3, 0.4) is 0 Å². The molecule has 0 fully saturated rings. The number of carboxylic acid groups (broad SMARTS) is 3. The Morgan fingerprint density at radius 2 is 1.44 bits per heavy atom. The summed E-state index contributed by atoms with van der Waals surface area (Å²) in [6.07, 6.45) is 0.931. The fourth-order valence-corrected chi connectivity index (χ4v) is 3.28. The largest absolute Gasteiger partial charge is 0.481 e. The van der Waals surface area contributed by atoms with Gasteiger partial charge in [-0.25, -0.2) is 4.79 Å². The van der Waals surface area contributed by atoms with Crippen molar-refractivity contribution in [1.82, 2.24) is 16.0 Å². The molecule has 0 aliphatic rings. The predicted octanol–water partition coefficient (Wildman–Crippen LogP) is -1.01. The fraction of sp³-hybridized carbons (Fsp3) is 0.700. The van der Waals surface area contributed by atoms with Crippen LogP contribution >= 0.6 is 11.8 Å². The van der Waals surface area contributed by atoms with E-state index in [0.29, 0.717) is 12.2 Å². The Morgan fingerprint density at radius 1 is 0.853 bits per heavy atom. The Labute approximate surface area is 201 Å². The van der Waals surface area contributed by atoms with Crippen LogP contribution < -0.4 is 21.7 Å². The summed E-state index contributed by atoms with van der Waals surface area (Å²) in [6.45, 7) is 3.45. The Balaban J connectivity index is 5.52. The lowest BCUT2D eigenvalue weighted by Gasteiger charge is -2.27. The molecule has 194 valence electrons.